The molecule has 17 heavy (non-hydrogen) atoms. The summed E-state index contributed by atoms with van der Waals surface area (Å²) in [4.78, 5) is 34.6. The highest BCUT2D eigenvalue weighted by atomic mass is 16.5. The fourth-order valence-corrected chi connectivity index (χ4v) is 1.62. The van der Waals surface area contributed by atoms with E-state index >= 15 is 0 Å². The molecule has 1 saturated heterocycles. The summed E-state index contributed by atoms with van der Waals surface area (Å²) >= 11 is 0. The van der Waals surface area contributed by atoms with Crippen molar-refractivity contribution in [1.82, 2.24) is 10.1 Å². The number of hydrogen-bond donors (Lipinski definition) is 1. The van der Waals surface area contributed by atoms with E-state index in [0.717, 1.165) is 4.90 Å². The zero-order chi connectivity index (χ0) is 12.4. The predicted molar refractivity (Wildman–Crippen MR) is 52.9 cm³/mol. The Morgan fingerprint density at radius 2 is 2.06 bits per heavy atom. The fraction of sp³-hybridized carbons (Fsp3) is 0.400. The van der Waals surface area contributed by atoms with Gasteiger partial charge in [-0.2, -0.15) is 0 Å². The number of rotatable bonds is 3. The standard InChI is InChI=1S/C10H10N2O5/c13-8-2-1-3-9(14)12(8)5-6-4-7(10(15)16)11-17-6/h4H,1-3,5H2,(H,15,16). The van der Waals surface area contributed by atoms with Gasteiger partial charge in [-0.3, -0.25) is 14.5 Å². The second-order valence-electron chi connectivity index (χ2n) is 3.71. The number of hydrogen-bond acceptors (Lipinski definition) is 5. The molecule has 1 aliphatic rings. The highest BCUT2D eigenvalue weighted by Gasteiger charge is 2.27. The summed E-state index contributed by atoms with van der Waals surface area (Å²) in [6, 6.07) is 1.21. The summed E-state index contributed by atoms with van der Waals surface area (Å²) in [5.41, 5.74) is -0.239. The Kier molecular flexibility index (Phi) is 2.90. The molecule has 2 amide bonds. The summed E-state index contributed by atoms with van der Waals surface area (Å²) in [7, 11) is 0. The normalized spacial score (nSPS) is 16.4. The smallest absolute Gasteiger partial charge is 0.358 e. The minimum Gasteiger partial charge on any atom is -0.476 e. The van der Waals surface area contributed by atoms with Crippen LogP contribution in [0.2, 0.25) is 0 Å². The van der Waals surface area contributed by atoms with E-state index in [0.29, 0.717) is 19.3 Å². The number of carboxylic acid groups (broad SMARTS) is 1. The van der Waals surface area contributed by atoms with Gasteiger partial charge in [0.05, 0.1) is 6.54 Å². The summed E-state index contributed by atoms with van der Waals surface area (Å²) in [6.07, 6.45) is 1.21. The molecule has 1 aliphatic heterocycles. The molecule has 7 nitrogen and oxygen atoms in total. The van der Waals surface area contributed by atoms with Crippen LogP contribution in [0.5, 0.6) is 0 Å². The van der Waals surface area contributed by atoms with Gasteiger partial charge in [0.2, 0.25) is 11.8 Å². The number of carbonyl (C=O) groups excluding carboxylic acids is 2. The molecule has 2 rings (SSSR count). The van der Waals surface area contributed by atoms with Crippen molar-refractivity contribution in [3.8, 4) is 0 Å². The zero-order valence-electron chi connectivity index (χ0n) is 8.88. The second-order valence-corrected chi connectivity index (χ2v) is 3.71. The molecule has 0 spiro atoms. The van der Waals surface area contributed by atoms with Gasteiger partial charge in [0.1, 0.15) is 0 Å². The van der Waals surface area contributed by atoms with Crippen LogP contribution in [0, 0.1) is 0 Å². The predicted octanol–water partition coefficient (Wildman–Crippen LogP) is 0.412. The number of imide groups is 1. The van der Waals surface area contributed by atoms with Crippen LogP contribution in [0.1, 0.15) is 35.5 Å². The highest BCUT2D eigenvalue weighted by Crippen LogP contribution is 2.16. The van der Waals surface area contributed by atoms with Gasteiger partial charge >= 0.3 is 5.97 Å². The zero-order valence-corrected chi connectivity index (χ0v) is 8.88. The molecule has 0 radical (unpaired) electrons. The van der Waals surface area contributed by atoms with Crippen molar-refractivity contribution in [2.75, 3.05) is 0 Å². The molecule has 1 aromatic heterocycles. The Morgan fingerprint density at radius 1 is 1.41 bits per heavy atom. The maximum absolute atomic E-state index is 11.5. The lowest BCUT2D eigenvalue weighted by molar-refractivity contribution is -0.149. The molecule has 0 atom stereocenters. The second kappa shape index (κ2) is 4.36. The Bertz CT molecular complexity index is 463. The molecule has 7 heteroatoms. The molecule has 1 N–H and O–H groups in total. The van der Waals surface area contributed by atoms with Crippen LogP contribution in [0.4, 0.5) is 0 Å². The monoisotopic (exact) mass is 238 g/mol. The van der Waals surface area contributed by atoms with E-state index in [4.69, 9.17) is 9.63 Å². The van der Waals surface area contributed by atoms with Crippen LogP contribution in [0.15, 0.2) is 10.6 Å². The van der Waals surface area contributed by atoms with Gasteiger partial charge < -0.3 is 9.63 Å². The Balaban J connectivity index is 2.11. The number of aromatic nitrogens is 1. The minimum absolute atomic E-state index is 0.0576. The molecule has 0 aliphatic carbocycles. The number of likely N-dealkylation sites (tertiary alicyclic amines) is 1. The van der Waals surface area contributed by atoms with Crippen LogP contribution in [-0.2, 0) is 16.1 Å². The lowest BCUT2D eigenvalue weighted by Crippen LogP contribution is -2.39. The molecule has 0 bridgehead atoms. The summed E-state index contributed by atoms with van der Waals surface area (Å²) < 4.78 is 4.75. The third kappa shape index (κ3) is 2.32. The Morgan fingerprint density at radius 3 is 2.59 bits per heavy atom. The third-order valence-electron chi connectivity index (χ3n) is 2.48. The van der Waals surface area contributed by atoms with E-state index in [1.807, 2.05) is 0 Å². The number of piperidine rings is 1. The largest absolute Gasteiger partial charge is 0.476 e. The molecule has 0 saturated carbocycles. The maximum atomic E-state index is 11.5. The van der Waals surface area contributed by atoms with E-state index in [1.54, 1.807) is 0 Å². The van der Waals surface area contributed by atoms with Crippen molar-refractivity contribution in [3.63, 3.8) is 0 Å². The van der Waals surface area contributed by atoms with Crippen LogP contribution in [0.25, 0.3) is 0 Å². The molecule has 1 aromatic rings. The number of aromatic carboxylic acids is 1. The van der Waals surface area contributed by atoms with Crippen LogP contribution >= 0.6 is 0 Å². The molecule has 0 aromatic carbocycles. The third-order valence-corrected chi connectivity index (χ3v) is 2.48. The van der Waals surface area contributed by atoms with Gasteiger partial charge in [0.15, 0.2) is 11.5 Å². The lowest BCUT2D eigenvalue weighted by atomic mass is 10.1. The average molecular weight is 238 g/mol. The van der Waals surface area contributed by atoms with Gasteiger partial charge in [-0.25, -0.2) is 4.79 Å². The van der Waals surface area contributed by atoms with Crippen molar-refractivity contribution < 1.29 is 24.0 Å². The number of nitrogens with zero attached hydrogens (tertiary/aromatic N) is 2. The summed E-state index contributed by atoms with van der Waals surface area (Å²) in [5, 5.41) is 11.9. The Hall–Kier alpha value is -2.18. The molecule has 0 unspecified atom stereocenters. The first-order valence-corrected chi connectivity index (χ1v) is 5.10. The molecular weight excluding hydrogens is 228 g/mol. The average Bonchev–Trinajstić information content (AvgIpc) is 2.72. The van der Waals surface area contributed by atoms with Gasteiger partial charge in [0, 0.05) is 18.9 Å². The fourth-order valence-electron chi connectivity index (χ4n) is 1.62. The molecular formula is C10H10N2O5. The topological polar surface area (TPSA) is 101 Å². The first-order chi connectivity index (χ1) is 8.08. The number of amides is 2. The van der Waals surface area contributed by atoms with Crippen molar-refractivity contribution in [2.24, 2.45) is 0 Å². The summed E-state index contributed by atoms with van der Waals surface area (Å²) in [6.45, 7) is -0.0576. The molecule has 90 valence electrons. The first kappa shape index (κ1) is 11.3. The Labute approximate surface area is 96.0 Å². The first-order valence-electron chi connectivity index (χ1n) is 5.10. The van der Waals surface area contributed by atoms with Crippen molar-refractivity contribution >= 4 is 17.8 Å². The van der Waals surface area contributed by atoms with Crippen molar-refractivity contribution in [2.45, 2.75) is 25.8 Å². The van der Waals surface area contributed by atoms with Gasteiger partial charge in [0.25, 0.3) is 0 Å². The van der Waals surface area contributed by atoms with Crippen molar-refractivity contribution in [3.05, 3.63) is 17.5 Å². The van der Waals surface area contributed by atoms with E-state index in [-0.39, 0.29) is 29.8 Å². The quantitative estimate of drug-likeness (QED) is 0.765. The van der Waals surface area contributed by atoms with E-state index in [9.17, 15) is 14.4 Å². The van der Waals surface area contributed by atoms with Gasteiger partial charge in [-0.05, 0) is 6.42 Å². The van der Waals surface area contributed by atoms with Crippen LogP contribution in [-0.4, -0.2) is 32.9 Å². The van der Waals surface area contributed by atoms with Crippen molar-refractivity contribution in [1.29, 1.82) is 0 Å². The van der Waals surface area contributed by atoms with Gasteiger partial charge in [-0.15, -0.1) is 0 Å². The van der Waals surface area contributed by atoms with Gasteiger partial charge in [-0.1, -0.05) is 5.16 Å². The minimum atomic E-state index is -1.21. The van der Waals surface area contributed by atoms with Crippen LogP contribution < -0.4 is 0 Å². The van der Waals surface area contributed by atoms with E-state index in [2.05, 4.69) is 5.16 Å². The SMILES string of the molecule is O=C(O)c1cc(CN2C(=O)CCCC2=O)on1. The molecule has 2 heterocycles. The summed E-state index contributed by atoms with van der Waals surface area (Å²) in [5.74, 6) is -1.56. The number of carbonyl (C=O) groups is 3. The highest BCUT2D eigenvalue weighted by molar-refractivity contribution is 5.97. The van der Waals surface area contributed by atoms with E-state index in [1.165, 1.54) is 6.07 Å². The molecule has 1 fully saturated rings. The lowest BCUT2D eigenvalue weighted by Gasteiger charge is -2.23. The maximum Gasteiger partial charge on any atom is 0.358 e. The number of carboxylic acids is 1. The van der Waals surface area contributed by atoms with Crippen LogP contribution in [0.3, 0.4) is 0 Å². The van der Waals surface area contributed by atoms with E-state index < -0.39 is 5.97 Å².